The monoisotopic (exact) mass is 620 g/mol. The summed E-state index contributed by atoms with van der Waals surface area (Å²) in [7, 11) is 0. The van der Waals surface area contributed by atoms with Gasteiger partial charge in [0.25, 0.3) is 0 Å². The Kier molecular flexibility index (Phi) is 9.37. The maximum atomic E-state index is 12.4. The Morgan fingerprint density at radius 3 is 2.33 bits per heavy atom. The predicted octanol–water partition coefficient (Wildman–Crippen LogP) is 3.18. The first kappa shape index (κ1) is 30.2. The fourth-order valence-corrected chi connectivity index (χ4v) is 7.55. The number of likely N-dealkylation sites (tertiary alicyclic amines) is 2. The molecule has 0 spiro atoms. The van der Waals surface area contributed by atoms with Gasteiger partial charge < -0.3 is 29.5 Å². The minimum absolute atomic E-state index is 0.198. The summed E-state index contributed by atoms with van der Waals surface area (Å²) < 4.78 is 12.0. The van der Waals surface area contributed by atoms with Crippen molar-refractivity contribution in [1.82, 2.24) is 35.0 Å². The molecule has 11 nitrogen and oxygen atoms in total. The van der Waals surface area contributed by atoms with Crippen molar-refractivity contribution >= 4 is 45.2 Å². The second kappa shape index (κ2) is 13.0. The van der Waals surface area contributed by atoms with Crippen LogP contribution in [0.2, 0.25) is 5.28 Å². The number of rotatable bonds is 5. The van der Waals surface area contributed by atoms with Gasteiger partial charge in [-0.05, 0) is 63.0 Å². The van der Waals surface area contributed by atoms with Gasteiger partial charge in [0.1, 0.15) is 15.3 Å². The number of aromatic nitrogens is 3. The van der Waals surface area contributed by atoms with Crippen molar-refractivity contribution in [3.05, 3.63) is 10.3 Å². The van der Waals surface area contributed by atoms with Crippen molar-refractivity contribution in [2.75, 3.05) is 90.1 Å². The predicted molar refractivity (Wildman–Crippen MR) is 165 cm³/mol. The number of hydrogen-bond acceptors (Lipinski definition) is 11. The molecule has 1 saturated carbocycles. The number of thiazole rings is 1. The smallest absolute Gasteiger partial charge is 0.410 e. The number of carbonyl (C=O) groups excluding carboxylic acids is 1. The minimum Gasteiger partial charge on any atom is -0.444 e. The minimum atomic E-state index is -0.459. The maximum absolute atomic E-state index is 12.4. The molecule has 1 N–H and O–H groups in total. The van der Waals surface area contributed by atoms with Crippen LogP contribution in [0.25, 0.3) is 10.3 Å². The molecule has 4 saturated heterocycles. The zero-order chi connectivity index (χ0) is 29.3. The van der Waals surface area contributed by atoms with Crippen LogP contribution in [0.1, 0.15) is 38.6 Å². The number of hydrogen-bond donors (Lipinski definition) is 1. The molecule has 0 bridgehead atoms. The number of ether oxygens (including phenoxy) is 2. The van der Waals surface area contributed by atoms with Gasteiger partial charge >= 0.3 is 6.09 Å². The molecule has 2 aromatic rings. The fourth-order valence-electron chi connectivity index (χ4n) is 6.33. The molecule has 0 aromatic carbocycles. The van der Waals surface area contributed by atoms with Crippen molar-refractivity contribution in [1.29, 1.82) is 0 Å². The molecule has 5 aliphatic rings. The number of fused-ring (bicyclic) bond motifs is 2. The van der Waals surface area contributed by atoms with Gasteiger partial charge in [-0.15, -0.1) is 11.3 Å². The summed E-state index contributed by atoms with van der Waals surface area (Å²) in [5.41, 5.74) is 0.210. The molecule has 13 heteroatoms. The Morgan fingerprint density at radius 2 is 1.69 bits per heavy atom. The van der Waals surface area contributed by atoms with Gasteiger partial charge in [0, 0.05) is 72.0 Å². The van der Waals surface area contributed by atoms with E-state index >= 15 is 0 Å². The Bertz CT molecular complexity index is 1210. The van der Waals surface area contributed by atoms with Crippen molar-refractivity contribution in [3.63, 3.8) is 0 Å². The summed E-state index contributed by atoms with van der Waals surface area (Å²) >= 11 is 7.85. The highest BCUT2D eigenvalue weighted by atomic mass is 35.5. The van der Waals surface area contributed by atoms with Gasteiger partial charge in [-0.3, -0.25) is 4.90 Å². The van der Waals surface area contributed by atoms with Crippen LogP contribution in [0.3, 0.4) is 0 Å². The van der Waals surface area contributed by atoms with E-state index in [0.29, 0.717) is 30.7 Å². The molecule has 232 valence electrons. The number of carbonyl (C=O) groups is 1. The number of amides is 1. The molecule has 7 rings (SSSR count). The Labute approximate surface area is 257 Å². The zero-order valence-electron chi connectivity index (χ0n) is 25.2. The van der Waals surface area contributed by atoms with E-state index in [-0.39, 0.29) is 11.4 Å². The van der Waals surface area contributed by atoms with Crippen molar-refractivity contribution in [2.45, 2.75) is 45.8 Å². The number of nitrogens with zero attached hydrogens (tertiary/aromatic N) is 7. The lowest BCUT2D eigenvalue weighted by Crippen LogP contribution is -2.44. The van der Waals surface area contributed by atoms with E-state index in [2.05, 4.69) is 30.0 Å². The molecular weight excluding hydrogens is 576 g/mol. The largest absolute Gasteiger partial charge is 0.444 e. The van der Waals surface area contributed by atoms with Gasteiger partial charge in [-0.25, -0.2) is 9.78 Å². The van der Waals surface area contributed by atoms with E-state index in [1.807, 2.05) is 25.7 Å². The summed E-state index contributed by atoms with van der Waals surface area (Å²) in [6.07, 6.45) is 2.78. The van der Waals surface area contributed by atoms with Crippen LogP contribution < -0.4 is 10.2 Å². The molecule has 1 aliphatic carbocycles. The van der Waals surface area contributed by atoms with Crippen LogP contribution in [0.4, 0.5) is 10.6 Å². The van der Waals surface area contributed by atoms with E-state index < -0.39 is 5.60 Å². The van der Waals surface area contributed by atoms with Crippen molar-refractivity contribution in [3.8, 4) is 0 Å². The second-order valence-electron chi connectivity index (χ2n) is 13.3. The van der Waals surface area contributed by atoms with E-state index in [4.69, 9.17) is 26.1 Å². The highest BCUT2D eigenvalue weighted by molar-refractivity contribution is 7.19. The van der Waals surface area contributed by atoms with Crippen LogP contribution >= 0.6 is 22.9 Å². The van der Waals surface area contributed by atoms with Gasteiger partial charge in [-0.2, -0.15) is 9.97 Å². The first-order valence-electron chi connectivity index (χ1n) is 15.5. The van der Waals surface area contributed by atoms with Gasteiger partial charge in [0.15, 0.2) is 11.5 Å². The van der Waals surface area contributed by atoms with E-state index in [1.54, 1.807) is 11.3 Å². The quantitative estimate of drug-likeness (QED) is 0.502. The normalized spacial score (nSPS) is 25.4. The lowest BCUT2D eigenvalue weighted by Gasteiger charge is -2.27. The topological polar surface area (TPSA) is 99.2 Å². The third-order valence-corrected chi connectivity index (χ3v) is 9.75. The Balaban J connectivity index is 0.000000265. The molecular formula is C29H45ClN8O3S. The molecule has 2 unspecified atom stereocenters. The standard InChI is InChI=1S/C21H29ClN6O3S.C8H16N2/c1-21(2,3)31-20(29)28-10-13-8-26(9-14(13)11-28)12-15-23-17-16(32-15)18(25-19(22)24-17)27-4-6-30-7-5-27;1-2-8(1)7-10-5-3-9-4-6-10/h13-14H,4-12H2,1-3H3;8-9H,1-7H2. The number of piperazine rings is 1. The number of anilines is 1. The van der Waals surface area contributed by atoms with E-state index in [0.717, 1.165) is 67.3 Å². The van der Waals surface area contributed by atoms with Crippen LogP contribution in [-0.2, 0) is 16.0 Å². The summed E-state index contributed by atoms with van der Waals surface area (Å²) in [5.74, 6) is 2.89. The molecule has 2 aromatic heterocycles. The number of nitrogens with one attached hydrogen (secondary N) is 1. The average molecular weight is 621 g/mol. The van der Waals surface area contributed by atoms with E-state index in [9.17, 15) is 4.79 Å². The first-order chi connectivity index (χ1) is 20.2. The Morgan fingerprint density at radius 1 is 1.00 bits per heavy atom. The lowest BCUT2D eigenvalue weighted by molar-refractivity contribution is 0.0274. The van der Waals surface area contributed by atoms with Crippen LogP contribution in [0, 0.1) is 17.8 Å². The third-order valence-electron chi connectivity index (χ3n) is 8.56. The average Bonchev–Trinajstić information content (AvgIpc) is 3.35. The summed E-state index contributed by atoms with van der Waals surface area (Å²) in [4.78, 5) is 35.1. The van der Waals surface area contributed by atoms with Crippen LogP contribution in [0.15, 0.2) is 0 Å². The molecule has 2 atom stereocenters. The second-order valence-corrected chi connectivity index (χ2v) is 14.7. The highest BCUT2D eigenvalue weighted by Gasteiger charge is 2.42. The first-order valence-corrected chi connectivity index (χ1v) is 16.7. The fraction of sp³-hybridized carbons (Fsp3) is 0.793. The van der Waals surface area contributed by atoms with Gasteiger partial charge in [-0.1, -0.05) is 0 Å². The molecule has 1 amide bonds. The number of halogens is 1. The summed E-state index contributed by atoms with van der Waals surface area (Å²) in [5, 5.41) is 4.62. The van der Waals surface area contributed by atoms with Crippen molar-refractivity contribution < 1.29 is 14.3 Å². The van der Waals surface area contributed by atoms with E-state index in [1.165, 1.54) is 45.6 Å². The maximum Gasteiger partial charge on any atom is 0.410 e. The molecule has 0 radical (unpaired) electrons. The van der Waals surface area contributed by atoms with Gasteiger partial charge in [0.2, 0.25) is 5.28 Å². The zero-order valence-corrected chi connectivity index (χ0v) is 26.8. The third kappa shape index (κ3) is 7.81. The van der Waals surface area contributed by atoms with Crippen LogP contribution in [-0.4, -0.2) is 127 Å². The molecule has 6 heterocycles. The molecule has 42 heavy (non-hydrogen) atoms. The number of morpholine rings is 1. The SMILES string of the molecule is C1CN(CC2CC2)CCN1.CC(C)(C)OC(=O)N1CC2CN(Cc3nc4nc(Cl)nc(N5CCOCC5)c4s3)CC2C1. The molecule has 5 fully saturated rings. The van der Waals surface area contributed by atoms with Crippen molar-refractivity contribution in [2.24, 2.45) is 17.8 Å². The summed E-state index contributed by atoms with van der Waals surface area (Å²) in [6.45, 7) is 19.2. The van der Waals surface area contributed by atoms with Gasteiger partial charge in [0.05, 0.1) is 19.8 Å². The highest BCUT2D eigenvalue weighted by Crippen LogP contribution is 2.35. The van der Waals surface area contributed by atoms with Crippen LogP contribution in [0.5, 0.6) is 0 Å². The summed E-state index contributed by atoms with van der Waals surface area (Å²) in [6, 6.07) is 0. The molecule has 4 aliphatic heterocycles. The Hall–Kier alpha value is -1.83. The lowest BCUT2D eigenvalue weighted by atomic mass is 10.0.